The standard InChI is InChI=1S/C20H24N6O3/c21-9-14-2-1-7-25(14)19(28)16(22)11-24-10-15-8-17(24)20(29)26(15)13-5-3-12(4-6-13)18(23)27/h3-6,14-17H,1-2,7-8,10-11,22H2,(H2,23,27)/t14?,15-,16?,17?/m0/s1. The lowest BCUT2D eigenvalue weighted by molar-refractivity contribution is -0.134. The van der Waals surface area contributed by atoms with Crippen molar-refractivity contribution in [2.45, 2.75) is 43.4 Å². The zero-order valence-electron chi connectivity index (χ0n) is 16.0. The molecule has 0 aromatic heterocycles. The summed E-state index contributed by atoms with van der Waals surface area (Å²) in [5.74, 6) is -0.751. The highest BCUT2D eigenvalue weighted by Crippen LogP contribution is 2.35. The van der Waals surface area contributed by atoms with Gasteiger partial charge in [-0.3, -0.25) is 19.3 Å². The van der Waals surface area contributed by atoms with Gasteiger partial charge in [-0.25, -0.2) is 0 Å². The van der Waals surface area contributed by atoms with Crippen LogP contribution in [-0.2, 0) is 9.59 Å². The Bertz CT molecular complexity index is 879. The minimum Gasteiger partial charge on any atom is -0.366 e. The molecule has 4 atom stereocenters. The van der Waals surface area contributed by atoms with Gasteiger partial charge in [0.15, 0.2) is 0 Å². The van der Waals surface area contributed by atoms with Crippen molar-refractivity contribution >= 4 is 23.4 Å². The molecule has 2 bridgehead atoms. The third-order valence-electron chi connectivity index (χ3n) is 6.13. The van der Waals surface area contributed by atoms with Crippen molar-refractivity contribution < 1.29 is 14.4 Å². The first-order valence-electron chi connectivity index (χ1n) is 9.83. The molecule has 3 fully saturated rings. The Hall–Kier alpha value is -2.96. The summed E-state index contributed by atoms with van der Waals surface area (Å²) < 4.78 is 0. The average Bonchev–Trinajstić information content (AvgIpc) is 3.41. The molecule has 3 aliphatic rings. The number of nitrogens with zero attached hydrogens (tertiary/aromatic N) is 4. The summed E-state index contributed by atoms with van der Waals surface area (Å²) in [5.41, 5.74) is 12.6. The maximum absolute atomic E-state index is 12.9. The quantitative estimate of drug-likeness (QED) is 0.683. The van der Waals surface area contributed by atoms with Gasteiger partial charge >= 0.3 is 0 Å². The molecule has 0 saturated carbocycles. The summed E-state index contributed by atoms with van der Waals surface area (Å²) in [7, 11) is 0. The van der Waals surface area contributed by atoms with Crippen LogP contribution in [-0.4, -0.2) is 71.3 Å². The van der Waals surface area contributed by atoms with Crippen molar-refractivity contribution in [2.75, 3.05) is 24.5 Å². The number of hydrogen-bond donors (Lipinski definition) is 2. The average molecular weight is 396 g/mol. The molecule has 29 heavy (non-hydrogen) atoms. The number of rotatable bonds is 5. The summed E-state index contributed by atoms with van der Waals surface area (Å²) in [6.07, 6.45) is 2.18. The molecule has 4 N–H and O–H groups in total. The third-order valence-corrected chi connectivity index (χ3v) is 6.13. The van der Waals surface area contributed by atoms with Crippen molar-refractivity contribution in [3.8, 4) is 6.07 Å². The van der Waals surface area contributed by atoms with Crippen LogP contribution in [0.2, 0.25) is 0 Å². The predicted molar refractivity (Wildman–Crippen MR) is 105 cm³/mol. The molecule has 3 unspecified atom stereocenters. The van der Waals surface area contributed by atoms with Crippen LogP contribution >= 0.6 is 0 Å². The Kier molecular flexibility index (Phi) is 4.98. The second-order valence-corrected chi connectivity index (χ2v) is 7.90. The number of nitriles is 1. The summed E-state index contributed by atoms with van der Waals surface area (Å²) in [5, 5.41) is 9.19. The van der Waals surface area contributed by atoms with E-state index in [1.165, 1.54) is 0 Å². The SMILES string of the molecule is N#CC1CCCN1C(=O)C(N)CN1C[C@@H]2CC1C(=O)N2c1ccc(C(N)=O)cc1. The Morgan fingerprint density at radius 3 is 2.62 bits per heavy atom. The van der Waals surface area contributed by atoms with Crippen molar-refractivity contribution in [3.63, 3.8) is 0 Å². The maximum atomic E-state index is 12.9. The van der Waals surface area contributed by atoms with Gasteiger partial charge in [-0.1, -0.05) is 0 Å². The van der Waals surface area contributed by atoms with Gasteiger partial charge in [-0.2, -0.15) is 5.26 Å². The zero-order valence-corrected chi connectivity index (χ0v) is 16.0. The molecule has 1 aromatic rings. The molecule has 9 nitrogen and oxygen atoms in total. The highest BCUT2D eigenvalue weighted by atomic mass is 16.2. The number of likely N-dealkylation sites (tertiary alicyclic amines) is 2. The van der Waals surface area contributed by atoms with Gasteiger partial charge in [0.2, 0.25) is 17.7 Å². The van der Waals surface area contributed by atoms with Crippen LogP contribution in [0, 0.1) is 11.3 Å². The van der Waals surface area contributed by atoms with E-state index in [-0.39, 0.29) is 23.9 Å². The zero-order chi connectivity index (χ0) is 20.7. The van der Waals surface area contributed by atoms with E-state index in [1.54, 1.807) is 34.1 Å². The number of nitrogens with two attached hydrogens (primary N) is 2. The van der Waals surface area contributed by atoms with Gasteiger partial charge in [0, 0.05) is 30.9 Å². The predicted octanol–water partition coefficient (Wildman–Crippen LogP) is -0.583. The second-order valence-electron chi connectivity index (χ2n) is 7.90. The normalized spacial score (nSPS) is 27.3. The summed E-state index contributed by atoms with van der Waals surface area (Å²) in [6.45, 7) is 1.50. The van der Waals surface area contributed by atoms with Crippen LogP contribution in [0.5, 0.6) is 0 Å². The highest BCUT2D eigenvalue weighted by molar-refractivity contribution is 6.02. The first-order valence-corrected chi connectivity index (χ1v) is 9.83. The van der Waals surface area contributed by atoms with Gasteiger partial charge < -0.3 is 21.3 Å². The molecule has 1 aromatic carbocycles. The smallest absolute Gasteiger partial charge is 0.248 e. The van der Waals surface area contributed by atoms with Crippen LogP contribution in [0.4, 0.5) is 5.69 Å². The van der Waals surface area contributed by atoms with Gasteiger partial charge in [-0.15, -0.1) is 0 Å². The Morgan fingerprint density at radius 2 is 2.00 bits per heavy atom. The minimum absolute atomic E-state index is 0.00729. The van der Waals surface area contributed by atoms with Gasteiger partial charge in [0.05, 0.1) is 24.2 Å². The van der Waals surface area contributed by atoms with Gasteiger partial charge in [0.1, 0.15) is 6.04 Å². The molecule has 9 heteroatoms. The van der Waals surface area contributed by atoms with Crippen LogP contribution in [0.1, 0.15) is 29.6 Å². The molecule has 3 saturated heterocycles. The van der Waals surface area contributed by atoms with E-state index in [0.29, 0.717) is 38.0 Å². The Balaban J connectivity index is 1.40. The van der Waals surface area contributed by atoms with Crippen LogP contribution < -0.4 is 16.4 Å². The third kappa shape index (κ3) is 3.34. The molecule has 4 rings (SSSR count). The number of carbonyl (C=O) groups excluding carboxylic acids is 3. The molecule has 3 aliphatic heterocycles. The van der Waals surface area contributed by atoms with E-state index >= 15 is 0 Å². The Morgan fingerprint density at radius 1 is 1.28 bits per heavy atom. The number of amides is 3. The van der Waals surface area contributed by atoms with Crippen molar-refractivity contribution in [1.29, 1.82) is 5.26 Å². The van der Waals surface area contributed by atoms with E-state index in [0.717, 1.165) is 12.1 Å². The lowest BCUT2D eigenvalue weighted by Crippen LogP contribution is -2.56. The first-order chi connectivity index (χ1) is 13.9. The number of primary amides is 1. The van der Waals surface area contributed by atoms with Crippen LogP contribution in [0.15, 0.2) is 24.3 Å². The number of anilines is 1. The molecule has 0 spiro atoms. The van der Waals surface area contributed by atoms with Crippen LogP contribution in [0.25, 0.3) is 0 Å². The fourth-order valence-corrected chi connectivity index (χ4v) is 4.70. The van der Waals surface area contributed by atoms with Crippen molar-refractivity contribution in [3.05, 3.63) is 29.8 Å². The van der Waals surface area contributed by atoms with E-state index < -0.39 is 18.0 Å². The van der Waals surface area contributed by atoms with Gasteiger partial charge in [0.25, 0.3) is 0 Å². The molecule has 3 heterocycles. The lowest BCUT2D eigenvalue weighted by atomic mass is 10.1. The fourth-order valence-electron chi connectivity index (χ4n) is 4.70. The number of hydrogen-bond acceptors (Lipinski definition) is 6. The summed E-state index contributed by atoms with van der Waals surface area (Å²) in [4.78, 5) is 42.1. The number of carbonyl (C=O) groups is 3. The molecule has 0 aliphatic carbocycles. The van der Waals surface area contributed by atoms with E-state index in [9.17, 15) is 19.6 Å². The van der Waals surface area contributed by atoms with Gasteiger partial charge in [-0.05, 0) is 43.5 Å². The summed E-state index contributed by atoms with van der Waals surface area (Å²) in [6, 6.07) is 7.40. The number of benzene rings is 1. The molecular weight excluding hydrogens is 372 g/mol. The molecule has 3 amide bonds. The second kappa shape index (κ2) is 7.46. The maximum Gasteiger partial charge on any atom is 0.248 e. The Labute approximate surface area is 168 Å². The van der Waals surface area contributed by atoms with E-state index in [2.05, 4.69) is 6.07 Å². The van der Waals surface area contributed by atoms with E-state index in [4.69, 9.17) is 11.5 Å². The topological polar surface area (TPSA) is 137 Å². The number of fused-ring (bicyclic) bond motifs is 2. The van der Waals surface area contributed by atoms with Crippen LogP contribution in [0.3, 0.4) is 0 Å². The number of piperazine rings is 1. The fraction of sp³-hybridized carbons (Fsp3) is 0.500. The minimum atomic E-state index is -0.751. The lowest BCUT2D eigenvalue weighted by Gasteiger charge is -2.35. The first kappa shape index (κ1) is 19.4. The molecule has 0 radical (unpaired) electrons. The monoisotopic (exact) mass is 396 g/mol. The highest BCUT2D eigenvalue weighted by Gasteiger charge is 2.50. The van der Waals surface area contributed by atoms with E-state index in [1.807, 2.05) is 4.90 Å². The molecule has 152 valence electrons. The summed E-state index contributed by atoms with van der Waals surface area (Å²) >= 11 is 0. The largest absolute Gasteiger partial charge is 0.366 e. The molecular formula is C20H24N6O3. The van der Waals surface area contributed by atoms with Crippen molar-refractivity contribution in [1.82, 2.24) is 9.80 Å². The van der Waals surface area contributed by atoms with Crippen molar-refractivity contribution in [2.24, 2.45) is 11.5 Å².